The summed E-state index contributed by atoms with van der Waals surface area (Å²) in [6.07, 6.45) is 6.37. The minimum Gasteiger partial charge on any atom is -0.256 e. The van der Waals surface area contributed by atoms with Crippen LogP contribution >= 0.6 is 0 Å². The average molecular weight is 872 g/mol. The molecule has 0 aliphatic heterocycles. The Balaban J connectivity index is 0.968. The smallest absolute Gasteiger partial charge is 0.0709 e. The van der Waals surface area contributed by atoms with Gasteiger partial charge in [0.25, 0.3) is 0 Å². The molecule has 0 aliphatic carbocycles. The van der Waals surface area contributed by atoms with Gasteiger partial charge >= 0.3 is 0 Å². The van der Waals surface area contributed by atoms with Gasteiger partial charge in [0, 0.05) is 33.7 Å². The van der Waals surface area contributed by atoms with Crippen molar-refractivity contribution < 1.29 is 0 Å². The standard InChI is InChI=1S/C65H49N3/c1-65(2,3)55-38-39-66-64(43-55)52-24-22-44(23-25-52)20-21-45-40-53(58-16-8-6-14-56(58)46-26-30-50(31-27-46)62-36-34-48-12-4-10-18-60(48)67-62)42-54(41-45)59-17-9-7-15-57(59)47-28-32-51(33-29-47)63-37-35-49-13-5-11-19-61(49)68-63/h4-43H,1-3H3/b21-20-. The first kappa shape index (κ1) is 42.1. The van der Waals surface area contributed by atoms with Gasteiger partial charge in [-0.15, -0.1) is 0 Å². The van der Waals surface area contributed by atoms with Crippen LogP contribution in [-0.2, 0) is 5.41 Å². The zero-order chi connectivity index (χ0) is 46.0. The summed E-state index contributed by atoms with van der Waals surface area (Å²) in [6.45, 7) is 6.72. The lowest BCUT2D eigenvalue weighted by atomic mass is 9.87. The van der Waals surface area contributed by atoms with Crippen molar-refractivity contribution in [2.45, 2.75) is 26.2 Å². The van der Waals surface area contributed by atoms with Gasteiger partial charge in [-0.2, -0.15) is 0 Å². The quantitative estimate of drug-likeness (QED) is 0.136. The molecule has 0 fully saturated rings. The van der Waals surface area contributed by atoms with E-state index in [-0.39, 0.29) is 5.41 Å². The van der Waals surface area contributed by atoms with Gasteiger partial charge in [-0.05, 0) is 121 Å². The van der Waals surface area contributed by atoms with Gasteiger partial charge in [-0.3, -0.25) is 4.98 Å². The molecule has 0 aliphatic rings. The predicted octanol–water partition coefficient (Wildman–Crippen LogP) is 17.3. The van der Waals surface area contributed by atoms with Crippen LogP contribution in [0.4, 0.5) is 0 Å². The van der Waals surface area contributed by atoms with Gasteiger partial charge in [0.1, 0.15) is 0 Å². The summed E-state index contributed by atoms with van der Waals surface area (Å²) < 4.78 is 0. The number of fused-ring (bicyclic) bond motifs is 2. The molecule has 11 rings (SSSR count). The zero-order valence-corrected chi connectivity index (χ0v) is 38.4. The third-order valence-corrected chi connectivity index (χ3v) is 12.9. The van der Waals surface area contributed by atoms with E-state index in [9.17, 15) is 0 Å². The van der Waals surface area contributed by atoms with E-state index in [2.05, 4.69) is 245 Å². The Morgan fingerprint density at radius 3 is 1.24 bits per heavy atom. The molecule has 0 atom stereocenters. The lowest BCUT2D eigenvalue weighted by Crippen LogP contribution is -2.11. The van der Waals surface area contributed by atoms with Crippen LogP contribution in [0.5, 0.6) is 0 Å². The van der Waals surface area contributed by atoms with Crippen molar-refractivity contribution >= 4 is 34.0 Å². The van der Waals surface area contributed by atoms with E-state index in [1.165, 1.54) is 27.8 Å². The van der Waals surface area contributed by atoms with Gasteiger partial charge in [0.15, 0.2) is 0 Å². The van der Waals surface area contributed by atoms with Gasteiger partial charge in [-0.1, -0.05) is 203 Å². The van der Waals surface area contributed by atoms with Gasteiger partial charge < -0.3 is 0 Å². The first-order valence-electron chi connectivity index (χ1n) is 23.3. The Morgan fingerprint density at radius 2 is 0.735 bits per heavy atom. The van der Waals surface area contributed by atoms with Crippen molar-refractivity contribution in [2.24, 2.45) is 0 Å². The molecule has 3 heterocycles. The number of para-hydroxylation sites is 2. The highest BCUT2D eigenvalue weighted by molar-refractivity contribution is 5.92. The molecule has 11 aromatic rings. The fourth-order valence-electron chi connectivity index (χ4n) is 9.14. The molecule has 8 aromatic carbocycles. The second-order valence-electron chi connectivity index (χ2n) is 18.5. The van der Waals surface area contributed by atoms with Crippen LogP contribution < -0.4 is 0 Å². The van der Waals surface area contributed by atoms with Gasteiger partial charge in [-0.25, -0.2) is 9.97 Å². The Labute approximate surface area is 398 Å². The average Bonchev–Trinajstić information content (AvgIpc) is 3.40. The lowest BCUT2D eigenvalue weighted by Gasteiger charge is -2.19. The van der Waals surface area contributed by atoms with E-state index in [1.54, 1.807) is 0 Å². The molecule has 0 bridgehead atoms. The first-order chi connectivity index (χ1) is 33.3. The van der Waals surface area contributed by atoms with Gasteiger partial charge in [0.2, 0.25) is 0 Å². The Kier molecular flexibility index (Phi) is 11.2. The SMILES string of the molecule is CC(C)(C)c1ccnc(-c2ccc(/C=C\c3cc(-c4ccccc4-c4ccc(-c5ccc6ccccc6n5)cc4)cc(-c4ccccc4-c4ccc(-c5ccc6ccccc6n5)cc4)c3)cc2)c1. The third-order valence-electron chi connectivity index (χ3n) is 12.9. The maximum atomic E-state index is 4.97. The molecule has 0 N–H and O–H groups in total. The van der Waals surface area contributed by atoms with Crippen molar-refractivity contribution in [3.63, 3.8) is 0 Å². The summed E-state index contributed by atoms with van der Waals surface area (Å²) in [6, 6.07) is 80.2. The fraction of sp³-hybridized carbons (Fsp3) is 0.0615. The molecule has 0 unspecified atom stereocenters. The fourth-order valence-corrected chi connectivity index (χ4v) is 9.14. The van der Waals surface area contributed by atoms with Crippen LogP contribution in [0.15, 0.2) is 231 Å². The Morgan fingerprint density at radius 1 is 0.324 bits per heavy atom. The Bertz CT molecular complexity index is 3450. The van der Waals surface area contributed by atoms with E-state index in [0.29, 0.717) is 0 Å². The van der Waals surface area contributed by atoms with Crippen LogP contribution in [-0.4, -0.2) is 15.0 Å². The molecule has 68 heavy (non-hydrogen) atoms. The molecule has 0 spiro atoms. The van der Waals surface area contributed by atoms with Crippen LogP contribution in [0, 0.1) is 0 Å². The van der Waals surface area contributed by atoms with E-state index in [0.717, 1.165) is 89.0 Å². The van der Waals surface area contributed by atoms with Crippen molar-refractivity contribution in [1.82, 2.24) is 15.0 Å². The minimum absolute atomic E-state index is 0.0519. The number of rotatable bonds is 9. The summed E-state index contributed by atoms with van der Waals surface area (Å²) in [7, 11) is 0. The second-order valence-corrected chi connectivity index (χ2v) is 18.5. The molecule has 0 amide bonds. The van der Waals surface area contributed by atoms with Crippen LogP contribution in [0.1, 0.15) is 37.5 Å². The van der Waals surface area contributed by atoms with E-state index >= 15 is 0 Å². The highest BCUT2D eigenvalue weighted by Gasteiger charge is 2.16. The maximum absolute atomic E-state index is 4.97. The monoisotopic (exact) mass is 871 g/mol. The van der Waals surface area contributed by atoms with Crippen molar-refractivity contribution in [3.8, 4) is 78.3 Å². The predicted molar refractivity (Wildman–Crippen MR) is 287 cm³/mol. The largest absolute Gasteiger partial charge is 0.256 e. The Hall–Kier alpha value is -8.53. The number of pyridine rings is 3. The molecule has 0 saturated heterocycles. The molecular weight excluding hydrogens is 823 g/mol. The highest BCUT2D eigenvalue weighted by atomic mass is 14.7. The van der Waals surface area contributed by atoms with Crippen molar-refractivity contribution in [3.05, 3.63) is 247 Å². The highest BCUT2D eigenvalue weighted by Crippen LogP contribution is 2.40. The number of nitrogens with zero attached hydrogens (tertiary/aromatic N) is 3. The summed E-state index contributed by atoms with van der Waals surface area (Å²) in [4.78, 5) is 14.7. The second kappa shape index (κ2) is 18.0. The van der Waals surface area contributed by atoms with Crippen LogP contribution in [0.3, 0.4) is 0 Å². The summed E-state index contributed by atoms with van der Waals surface area (Å²) in [5, 5.41) is 2.28. The zero-order valence-electron chi connectivity index (χ0n) is 38.4. The van der Waals surface area contributed by atoms with E-state index in [1.807, 2.05) is 18.3 Å². The van der Waals surface area contributed by atoms with Gasteiger partial charge in [0.05, 0.1) is 28.1 Å². The molecular formula is C65H49N3. The van der Waals surface area contributed by atoms with Crippen molar-refractivity contribution in [1.29, 1.82) is 0 Å². The lowest BCUT2D eigenvalue weighted by molar-refractivity contribution is 0.589. The molecule has 324 valence electrons. The normalized spacial score (nSPS) is 11.7. The third kappa shape index (κ3) is 8.78. The molecule has 0 saturated carbocycles. The minimum atomic E-state index is 0.0519. The molecule has 3 aromatic heterocycles. The topological polar surface area (TPSA) is 38.7 Å². The number of aromatic nitrogens is 3. The van der Waals surface area contributed by atoms with E-state index < -0.39 is 0 Å². The van der Waals surface area contributed by atoms with Crippen molar-refractivity contribution in [2.75, 3.05) is 0 Å². The van der Waals surface area contributed by atoms with Crippen LogP contribution in [0.2, 0.25) is 0 Å². The summed E-state index contributed by atoms with van der Waals surface area (Å²) in [5.74, 6) is 0. The van der Waals surface area contributed by atoms with Crippen LogP contribution in [0.25, 0.3) is 112 Å². The molecule has 3 heteroatoms. The number of hydrogen-bond acceptors (Lipinski definition) is 3. The molecule has 3 nitrogen and oxygen atoms in total. The summed E-state index contributed by atoms with van der Waals surface area (Å²) in [5.41, 5.74) is 21.0. The summed E-state index contributed by atoms with van der Waals surface area (Å²) >= 11 is 0. The maximum Gasteiger partial charge on any atom is 0.0709 e. The first-order valence-corrected chi connectivity index (χ1v) is 23.3. The number of hydrogen-bond donors (Lipinski definition) is 0. The number of benzene rings is 8. The van der Waals surface area contributed by atoms with E-state index in [4.69, 9.17) is 15.0 Å². The molecule has 0 radical (unpaired) electrons.